The van der Waals surface area contributed by atoms with Crippen molar-refractivity contribution in [2.75, 3.05) is 49.4 Å². The smallest absolute Gasteiger partial charge is 0.119 e. The summed E-state index contributed by atoms with van der Waals surface area (Å²) in [7, 11) is 0. The first kappa shape index (κ1) is 64.3. The van der Waals surface area contributed by atoms with E-state index in [1.807, 2.05) is 0 Å². The molecule has 2 aliphatic heterocycles. The van der Waals surface area contributed by atoms with E-state index >= 15 is 0 Å². The Bertz CT molecular complexity index is 5020. The predicted molar refractivity (Wildman–Crippen MR) is 425 cm³/mol. The molecule has 2 aliphatic carbocycles. The molecule has 0 bridgehead atoms. The van der Waals surface area contributed by atoms with Crippen molar-refractivity contribution < 1.29 is 18.9 Å². The number of hydrogen-bond donors (Lipinski definition) is 0. The molecule has 2 saturated heterocycles. The zero-order valence-corrected chi connectivity index (χ0v) is 58.7. The van der Waals surface area contributed by atoms with Crippen molar-refractivity contribution in [3.8, 4) is 67.1 Å². The van der Waals surface area contributed by atoms with Gasteiger partial charge in [-0.2, -0.15) is 0 Å². The molecule has 2 fully saturated rings. The highest BCUT2D eigenvalue weighted by Gasteiger charge is 2.49. The summed E-state index contributed by atoms with van der Waals surface area (Å²) in [5.41, 5.74) is 26.8. The predicted octanol–water partition coefficient (Wildman–Crippen LogP) is 24.0. The molecule has 2 heterocycles. The first-order chi connectivity index (χ1) is 51.3. The van der Waals surface area contributed by atoms with Gasteiger partial charge >= 0.3 is 0 Å². The Hall–Kier alpha value is -11.8. The van der Waals surface area contributed by atoms with E-state index in [0.29, 0.717) is 13.2 Å². The lowest BCUT2D eigenvalue weighted by atomic mass is 9.67. The molecule has 4 aliphatic rings. The van der Waals surface area contributed by atoms with E-state index in [-0.39, 0.29) is 10.8 Å². The van der Waals surface area contributed by atoms with Crippen molar-refractivity contribution in [3.63, 3.8) is 0 Å². The van der Waals surface area contributed by atoms with Crippen LogP contribution in [0.4, 0.5) is 34.1 Å². The standard InChI is InChI=1S/C98H80N2O4/c1-3-95(63-101-64-95)67-103-85-55-41-77(42-56-85)97(75-25-13-7-14-26-75)91-31-19-17-29-87(91)89-59-53-83(61-93(89)97)99(79-45-33-71(34-46-79)69-21-9-5-10-22-69)81-49-37-73(38-50-81)74-39-51-82(52-40-74)100(80-47-35-72(36-48-80)70-23-11-6-12-24-70)84-54-60-90-88-30-18-20-32-92(88)98(94(90)62-84,76-27-15-8-16-28-76)78-43-57-86(58-44-78)104-68-96(4-2)65-102-66-96/h5-62H,3-4,63-68H2,1-2H3/t97-,98?/m0/s1. The van der Waals surface area contributed by atoms with Crippen LogP contribution in [0, 0.1) is 10.8 Å². The average Bonchev–Trinajstić information content (AvgIpc) is 1.53. The Labute approximate surface area is 610 Å². The van der Waals surface area contributed by atoms with Gasteiger partial charge < -0.3 is 28.7 Å². The zero-order valence-electron chi connectivity index (χ0n) is 58.7. The third-order valence-corrected chi connectivity index (χ3v) is 22.8. The summed E-state index contributed by atoms with van der Waals surface area (Å²) in [6, 6.07) is 130. The molecule has 0 N–H and O–H groups in total. The van der Waals surface area contributed by atoms with Gasteiger partial charge in [-0.1, -0.05) is 269 Å². The van der Waals surface area contributed by atoms with Gasteiger partial charge in [-0.05, 0) is 210 Å². The zero-order chi connectivity index (χ0) is 69.7. The number of fused-ring (bicyclic) bond motifs is 6. The summed E-state index contributed by atoms with van der Waals surface area (Å²) in [5, 5.41) is 0. The lowest BCUT2D eigenvalue weighted by molar-refractivity contribution is -0.133. The fourth-order valence-corrected chi connectivity index (χ4v) is 16.8. The monoisotopic (exact) mass is 1350 g/mol. The van der Waals surface area contributed by atoms with Crippen LogP contribution in [0.1, 0.15) is 71.2 Å². The Kier molecular flexibility index (Phi) is 16.6. The van der Waals surface area contributed by atoms with Crippen molar-refractivity contribution in [1.29, 1.82) is 0 Å². The third kappa shape index (κ3) is 11.1. The van der Waals surface area contributed by atoms with Gasteiger partial charge in [0.05, 0.1) is 61.3 Å². The quantitative estimate of drug-likeness (QED) is 0.0714. The largest absolute Gasteiger partial charge is 0.493 e. The first-order valence-electron chi connectivity index (χ1n) is 36.7. The van der Waals surface area contributed by atoms with Crippen molar-refractivity contribution >= 4 is 34.1 Å². The fourth-order valence-electron chi connectivity index (χ4n) is 16.8. The van der Waals surface area contributed by atoms with Gasteiger partial charge in [0.15, 0.2) is 0 Å². The summed E-state index contributed by atoms with van der Waals surface area (Å²) in [4.78, 5) is 4.84. The van der Waals surface area contributed by atoms with Crippen LogP contribution in [0.3, 0.4) is 0 Å². The third-order valence-electron chi connectivity index (χ3n) is 22.8. The van der Waals surface area contributed by atoms with E-state index in [4.69, 9.17) is 18.9 Å². The molecule has 6 heteroatoms. The van der Waals surface area contributed by atoms with Gasteiger partial charge in [0.25, 0.3) is 0 Å². The number of benzene rings is 14. The minimum Gasteiger partial charge on any atom is -0.493 e. The van der Waals surface area contributed by atoms with Crippen molar-refractivity contribution in [3.05, 3.63) is 396 Å². The lowest BCUT2D eigenvalue weighted by Crippen LogP contribution is -2.46. The normalized spacial score (nSPS) is 16.9. The average molecular weight is 1350 g/mol. The van der Waals surface area contributed by atoms with E-state index in [1.165, 1.54) is 77.9 Å². The molecule has 14 aromatic rings. The van der Waals surface area contributed by atoms with Crippen LogP contribution in [0.15, 0.2) is 352 Å². The number of anilines is 6. The highest BCUT2D eigenvalue weighted by Crippen LogP contribution is 2.60. The summed E-state index contributed by atoms with van der Waals surface area (Å²) in [6.45, 7) is 8.70. The number of ether oxygens (including phenoxy) is 4. The van der Waals surface area contributed by atoms with Crippen molar-refractivity contribution in [1.82, 2.24) is 0 Å². The van der Waals surface area contributed by atoms with Crippen LogP contribution in [0.2, 0.25) is 0 Å². The van der Waals surface area contributed by atoms with Crippen LogP contribution in [0.5, 0.6) is 11.5 Å². The SMILES string of the molecule is CCC1(COc2ccc(C3(c4ccccc4)c4ccccc4-c4ccc(N(c5ccc(-c6ccccc6)cc5)c5ccc(-c6ccc(N(c7ccc(-c8ccccc8)cc7)c7ccc8c(c7)[C@@](c7ccccc7)(c7ccc(OCC9(CC)COC9)cc7)c7ccccc7-8)cc6)cc5)cc43)cc2)COC1. The van der Waals surface area contributed by atoms with Crippen molar-refractivity contribution in [2.24, 2.45) is 10.8 Å². The summed E-state index contributed by atoms with van der Waals surface area (Å²) in [6.07, 6.45) is 2.04. The Morgan fingerprint density at radius 3 is 0.837 bits per heavy atom. The fraction of sp³-hybridized carbons (Fsp3) is 0.143. The van der Waals surface area contributed by atoms with Gasteiger partial charge in [0.1, 0.15) is 11.5 Å². The molecule has 1 unspecified atom stereocenters. The molecule has 0 saturated carbocycles. The molecule has 18 rings (SSSR count). The molecule has 506 valence electrons. The molecule has 6 nitrogen and oxygen atoms in total. The Balaban J connectivity index is 0.724. The molecular weight excluding hydrogens is 1270 g/mol. The summed E-state index contributed by atoms with van der Waals surface area (Å²) >= 11 is 0. The molecule has 104 heavy (non-hydrogen) atoms. The number of hydrogen-bond acceptors (Lipinski definition) is 6. The number of nitrogens with zero attached hydrogens (tertiary/aromatic N) is 2. The molecule has 2 atom stereocenters. The van der Waals surface area contributed by atoms with Crippen molar-refractivity contribution in [2.45, 2.75) is 37.5 Å². The van der Waals surface area contributed by atoms with E-state index in [1.54, 1.807) is 0 Å². The van der Waals surface area contributed by atoms with Crippen LogP contribution in [0.25, 0.3) is 55.6 Å². The maximum atomic E-state index is 6.56. The highest BCUT2D eigenvalue weighted by molar-refractivity contribution is 5.92. The Morgan fingerprint density at radius 2 is 0.529 bits per heavy atom. The molecule has 14 aromatic carbocycles. The Morgan fingerprint density at radius 1 is 0.260 bits per heavy atom. The van der Waals surface area contributed by atoms with Gasteiger partial charge in [-0.15, -0.1) is 0 Å². The van der Waals surface area contributed by atoms with Crippen LogP contribution in [-0.2, 0) is 20.3 Å². The second-order valence-electron chi connectivity index (χ2n) is 28.7. The van der Waals surface area contributed by atoms with Gasteiger partial charge in [0, 0.05) is 34.1 Å². The highest BCUT2D eigenvalue weighted by atomic mass is 16.5. The van der Waals surface area contributed by atoms with E-state index in [2.05, 4.69) is 375 Å². The van der Waals surface area contributed by atoms with Gasteiger partial charge in [-0.3, -0.25) is 0 Å². The minimum atomic E-state index is -0.639. The molecule has 0 aromatic heterocycles. The van der Waals surface area contributed by atoms with E-state index < -0.39 is 10.8 Å². The maximum Gasteiger partial charge on any atom is 0.119 e. The molecule has 0 amide bonds. The van der Waals surface area contributed by atoms with Crippen LogP contribution < -0.4 is 19.3 Å². The second-order valence-corrected chi connectivity index (χ2v) is 28.7. The topological polar surface area (TPSA) is 43.4 Å². The summed E-state index contributed by atoms with van der Waals surface area (Å²) < 4.78 is 24.5. The molecular formula is C98H80N2O4. The minimum absolute atomic E-state index is 0.0689. The van der Waals surface area contributed by atoms with Gasteiger partial charge in [0.2, 0.25) is 0 Å². The van der Waals surface area contributed by atoms with Gasteiger partial charge in [-0.25, -0.2) is 0 Å². The van der Waals surface area contributed by atoms with E-state index in [0.717, 1.165) is 107 Å². The summed E-state index contributed by atoms with van der Waals surface area (Å²) in [5.74, 6) is 1.73. The van der Waals surface area contributed by atoms with Crippen LogP contribution >= 0.6 is 0 Å². The second kappa shape index (κ2) is 26.9. The number of rotatable bonds is 21. The molecule has 0 spiro atoms. The van der Waals surface area contributed by atoms with Crippen LogP contribution in [-0.4, -0.2) is 39.6 Å². The van der Waals surface area contributed by atoms with E-state index in [9.17, 15) is 0 Å². The molecule has 0 radical (unpaired) electrons. The lowest BCUT2D eigenvalue weighted by Gasteiger charge is -2.40. The first-order valence-corrected chi connectivity index (χ1v) is 36.7. The maximum absolute atomic E-state index is 6.56.